The summed E-state index contributed by atoms with van der Waals surface area (Å²) in [6.45, 7) is 0. The van der Waals surface area contributed by atoms with E-state index in [1.165, 1.54) is 0 Å². The Morgan fingerprint density at radius 1 is 0.372 bits per heavy atom. The van der Waals surface area contributed by atoms with Gasteiger partial charge in [0.2, 0.25) is 0 Å². The van der Waals surface area contributed by atoms with Crippen molar-refractivity contribution in [2.24, 2.45) is 0 Å². The van der Waals surface area contributed by atoms with Crippen molar-refractivity contribution in [3.05, 3.63) is 132 Å². The van der Waals surface area contributed by atoms with Crippen LogP contribution in [0.1, 0.15) is 0 Å². The number of rotatable bonds is 4. The van der Waals surface area contributed by atoms with Gasteiger partial charge in [-0.2, -0.15) is 0 Å². The normalized spacial score (nSPS) is 9.16. The summed E-state index contributed by atoms with van der Waals surface area (Å²) in [6, 6.07) is 30.0. The second-order valence-corrected chi connectivity index (χ2v) is 8.84. The van der Waals surface area contributed by atoms with Crippen molar-refractivity contribution < 1.29 is 55.2 Å². The molecule has 0 spiro atoms. The van der Waals surface area contributed by atoms with Gasteiger partial charge in [-0.25, -0.2) is 9.97 Å². The topological polar surface area (TPSA) is 140 Å². The zero-order chi connectivity index (χ0) is 26.2. The minimum absolute atomic E-state index is 0. The Hall–Kier alpha value is -3.40. The van der Waals surface area contributed by atoms with Gasteiger partial charge in [0.15, 0.2) is 0 Å². The summed E-state index contributed by atoms with van der Waals surface area (Å²) < 4.78 is 0. The third kappa shape index (κ3) is 11.0. The molecule has 6 rings (SSSR count). The Balaban J connectivity index is 0.000000735. The molecule has 0 aliphatic carbocycles. The Kier molecular flexibility index (Phi) is 18.2. The first-order chi connectivity index (χ1) is 18.7. The van der Waals surface area contributed by atoms with Crippen LogP contribution in [0.4, 0.5) is 0 Å². The number of nitrogens with zero attached hydrogens (tertiary/aromatic N) is 6. The minimum atomic E-state index is 0. The van der Waals surface area contributed by atoms with Gasteiger partial charge >= 0.3 is 19.5 Å². The summed E-state index contributed by atoms with van der Waals surface area (Å²) >= 11 is 12.3. The zero-order valence-corrected chi connectivity index (χ0v) is 26.9. The molecule has 0 aliphatic heterocycles. The summed E-state index contributed by atoms with van der Waals surface area (Å²) in [4.78, 5) is 26.3. The van der Waals surface area contributed by atoms with Crippen molar-refractivity contribution in [1.82, 2.24) is 29.9 Å². The van der Waals surface area contributed by atoms with Crippen LogP contribution in [-0.2, 0) is 19.5 Å². The Morgan fingerprint density at radius 3 is 0.791 bits per heavy atom. The summed E-state index contributed by atoms with van der Waals surface area (Å²) in [6.07, 6.45) is 6.94. The quantitative estimate of drug-likeness (QED) is 0.235. The van der Waals surface area contributed by atoms with Crippen LogP contribution in [0, 0.1) is 0 Å². The van der Waals surface area contributed by atoms with E-state index in [2.05, 4.69) is 29.9 Å². The van der Waals surface area contributed by atoms with Crippen LogP contribution in [-0.4, -0.2) is 40.9 Å². The van der Waals surface area contributed by atoms with Gasteiger partial charge in [0.25, 0.3) is 0 Å². The van der Waals surface area contributed by atoms with Crippen LogP contribution in [0.2, 0.25) is 10.0 Å². The van der Waals surface area contributed by atoms with Crippen LogP contribution in [0.3, 0.4) is 0 Å². The fourth-order valence-electron chi connectivity index (χ4n) is 3.58. The Bertz CT molecular complexity index is 1400. The van der Waals surface area contributed by atoms with E-state index < -0.39 is 0 Å². The molecule has 0 aliphatic rings. The molecule has 0 atom stereocenters. The van der Waals surface area contributed by atoms with E-state index in [9.17, 15) is 0 Å². The maximum atomic E-state index is 6.15. The molecule has 8 nitrogen and oxygen atoms in total. The van der Waals surface area contributed by atoms with Gasteiger partial charge in [0, 0.05) is 34.8 Å². The number of hydrogen-bond acceptors (Lipinski definition) is 6. The number of pyridine rings is 6. The van der Waals surface area contributed by atoms with Crippen molar-refractivity contribution in [3.63, 3.8) is 0 Å². The maximum absolute atomic E-state index is 6.15. The average Bonchev–Trinajstić information content (AvgIpc) is 2.99. The van der Waals surface area contributed by atoms with Crippen molar-refractivity contribution in [2.45, 2.75) is 0 Å². The molecule has 0 aromatic carbocycles. The molecule has 222 valence electrons. The molecule has 0 radical (unpaired) electrons. The molecular formula is C30H24Cl4N6O2Ru. The second kappa shape index (κ2) is 19.7. The molecule has 0 fully saturated rings. The number of halogens is 4. The molecule has 0 saturated heterocycles. The van der Waals surface area contributed by atoms with Gasteiger partial charge in [0.05, 0.1) is 45.6 Å². The van der Waals surface area contributed by atoms with E-state index in [4.69, 9.17) is 23.2 Å². The van der Waals surface area contributed by atoms with Crippen molar-refractivity contribution >= 4 is 23.2 Å². The monoisotopic (exact) mass is 742 g/mol. The predicted octanol–water partition coefficient (Wildman–Crippen LogP) is 0.0741. The molecular weight excluding hydrogens is 719 g/mol. The van der Waals surface area contributed by atoms with E-state index in [1.54, 1.807) is 49.1 Å². The standard InChI is InChI=1S/2C15H10ClN3.2ClH.2H2O.Ru/c2*16-11-9-14(12-5-1-3-7-17-12)19-15(10-11)13-6-2-4-8-18-13;;;;;/h2*1-10H;2*1H;2*1H2;/q;;;;;;+2/p-2. The van der Waals surface area contributed by atoms with E-state index >= 15 is 0 Å². The summed E-state index contributed by atoms with van der Waals surface area (Å²) in [5.74, 6) is 0. The third-order valence-corrected chi connectivity index (χ3v) is 5.73. The van der Waals surface area contributed by atoms with Crippen molar-refractivity contribution in [1.29, 1.82) is 0 Å². The summed E-state index contributed by atoms with van der Waals surface area (Å²) in [7, 11) is 0. The van der Waals surface area contributed by atoms with Crippen molar-refractivity contribution in [3.8, 4) is 45.6 Å². The first-order valence-electron chi connectivity index (χ1n) is 11.7. The van der Waals surface area contributed by atoms with Crippen LogP contribution in [0.25, 0.3) is 45.6 Å². The minimum Gasteiger partial charge on any atom is -1.00 e. The maximum Gasteiger partial charge on any atom is 2.00 e. The van der Waals surface area contributed by atoms with E-state index in [1.807, 2.05) is 72.8 Å². The fraction of sp³-hybridized carbons (Fsp3) is 0. The van der Waals surface area contributed by atoms with Crippen LogP contribution < -0.4 is 24.8 Å². The molecule has 43 heavy (non-hydrogen) atoms. The molecule has 0 amide bonds. The molecule has 6 aromatic rings. The molecule has 0 saturated carbocycles. The van der Waals surface area contributed by atoms with Crippen LogP contribution in [0.5, 0.6) is 0 Å². The molecule has 6 heterocycles. The molecule has 0 unspecified atom stereocenters. The fourth-order valence-corrected chi connectivity index (χ4v) is 3.99. The van der Waals surface area contributed by atoms with E-state index in [0.717, 1.165) is 45.6 Å². The van der Waals surface area contributed by atoms with Crippen LogP contribution in [0.15, 0.2) is 122 Å². The largest absolute Gasteiger partial charge is 2.00 e. The van der Waals surface area contributed by atoms with Gasteiger partial charge in [-0.05, 0) is 72.8 Å². The molecule has 0 bridgehead atoms. The SMILES string of the molecule is Clc1cc(-c2ccccn2)nc(-c2ccccn2)c1.Clc1cc(-c2ccccn2)nc(-c2ccccn2)c1.O.O.[Cl-].[Cl-].[Ru+2]. The molecule has 6 aromatic heterocycles. The summed E-state index contributed by atoms with van der Waals surface area (Å²) in [5, 5.41) is 1.24. The van der Waals surface area contributed by atoms with E-state index in [0.29, 0.717) is 10.0 Å². The van der Waals surface area contributed by atoms with Gasteiger partial charge in [-0.15, -0.1) is 0 Å². The average molecular weight is 743 g/mol. The third-order valence-electron chi connectivity index (χ3n) is 5.29. The zero-order valence-electron chi connectivity index (χ0n) is 22.1. The van der Waals surface area contributed by atoms with Crippen molar-refractivity contribution in [2.75, 3.05) is 0 Å². The van der Waals surface area contributed by atoms with Gasteiger partial charge in [-0.1, -0.05) is 47.5 Å². The number of hydrogen-bond donors (Lipinski definition) is 0. The Labute approximate surface area is 284 Å². The van der Waals surface area contributed by atoms with Gasteiger partial charge in [0.1, 0.15) is 0 Å². The van der Waals surface area contributed by atoms with Crippen LogP contribution >= 0.6 is 23.2 Å². The second-order valence-electron chi connectivity index (χ2n) is 7.97. The van der Waals surface area contributed by atoms with Gasteiger partial charge < -0.3 is 35.8 Å². The molecule has 13 heteroatoms. The first-order valence-corrected chi connectivity index (χ1v) is 12.4. The Morgan fingerprint density at radius 2 is 0.605 bits per heavy atom. The molecule has 4 N–H and O–H groups in total. The summed E-state index contributed by atoms with van der Waals surface area (Å²) in [5.41, 5.74) is 6.15. The smallest absolute Gasteiger partial charge is 1.00 e. The first kappa shape index (κ1) is 39.6. The predicted molar refractivity (Wildman–Crippen MR) is 159 cm³/mol. The van der Waals surface area contributed by atoms with E-state index in [-0.39, 0.29) is 55.2 Å². The van der Waals surface area contributed by atoms with Gasteiger partial charge in [-0.3, -0.25) is 19.9 Å². The number of aromatic nitrogens is 6.